The molecular weight excluding hydrogens is 352 g/mol. The van der Waals surface area contributed by atoms with E-state index < -0.39 is 0 Å². The van der Waals surface area contributed by atoms with E-state index in [0.29, 0.717) is 16.8 Å². The third-order valence-corrected chi connectivity index (χ3v) is 5.00. The number of nitrogens with two attached hydrogens (primary N) is 1. The maximum atomic E-state index is 9.67. The molecule has 8 heteroatoms. The average Bonchev–Trinajstić information content (AvgIpc) is 3.17. The highest BCUT2D eigenvalue weighted by Gasteiger charge is 2.19. The predicted octanol–water partition coefficient (Wildman–Crippen LogP) is 2.47. The van der Waals surface area contributed by atoms with Crippen molar-refractivity contribution in [1.29, 1.82) is 5.26 Å². The Bertz CT molecular complexity index is 1030. The van der Waals surface area contributed by atoms with Crippen LogP contribution >= 0.6 is 0 Å². The average molecular weight is 376 g/mol. The first-order valence-corrected chi connectivity index (χ1v) is 9.63. The lowest BCUT2D eigenvalue weighted by atomic mass is 10.0. The van der Waals surface area contributed by atoms with Crippen molar-refractivity contribution in [2.24, 2.45) is 0 Å². The monoisotopic (exact) mass is 376 g/mol. The summed E-state index contributed by atoms with van der Waals surface area (Å²) in [4.78, 5) is 4.49. The number of anilines is 1. The van der Waals surface area contributed by atoms with E-state index in [2.05, 4.69) is 28.4 Å². The van der Waals surface area contributed by atoms with Crippen molar-refractivity contribution < 1.29 is 0 Å². The second kappa shape index (κ2) is 7.44. The van der Waals surface area contributed by atoms with Crippen LogP contribution in [0.1, 0.15) is 36.7 Å². The lowest BCUT2D eigenvalue weighted by Gasteiger charge is -2.08. The van der Waals surface area contributed by atoms with Crippen molar-refractivity contribution in [3.63, 3.8) is 0 Å². The predicted molar refractivity (Wildman–Crippen MR) is 107 cm³/mol. The lowest BCUT2D eigenvalue weighted by molar-refractivity contribution is 0.589. The standard InChI is InChI=1S/C20H24N8/c1-3-6-27-12-17(13(2)25-27)18-9-15(16(10-21)20(22)24-18)19-8-14-11-23-5-4-7-28(14)26-19/h8-9,12,23H,3-7,11H2,1-2H3,(H2,22,24). The molecule has 0 radical (unpaired) electrons. The second-order valence-corrected chi connectivity index (χ2v) is 7.09. The van der Waals surface area contributed by atoms with Gasteiger partial charge in [-0.3, -0.25) is 9.36 Å². The van der Waals surface area contributed by atoms with E-state index in [1.165, 1.54) is 0 Å². The smallest absolute Gasteiger partial charge is 0.142 e. The molecule has 1 aliphatic heterocycles. The molecule has 4 rings (SSSR count). The van der Waals surface area contributed by atoms with Gasteiger partial charge in [0.05, 0.1) is 22.8 Å². The van der Waals surface area contributed by atoms with Gasteiger partial charge in [-0.25, -0.2) is 4.98 Å². The maximum Gasteiger partial charge on any atom is 0.142 e. The number of nitrogens with one attached hydrogen (secondary N) is 1. The molecule has 0 unspecified atom stereocenters. The van der Waals surface area contributed by atoms with Crippen LogP contribution in [0.25, 0.3) is 22.5 Å². The SMILES string of the molecule is CCCn1cc(-c2cc(-c3cc4n(n3)CCCNC4)c(C#N)c(N)n2)c(C)n1. The number of nitriles is 1. The summed E-state index contributed by atoms with van der Waals surface area (Å²) in [5.74, 6) is 0.221. The normalized spacial score (nSPS) is 13.8. The fraction of sp³-hybridized carbons (Fsp3) is 0.400. The molecular formula is C20H24N8. The molecule has 0 spiro atoms. The van der Waals surface area contributed by atoms with E-state index >= 15 is 0 Å². The van der Waals surface area contributed by atoms with E-state index in [9.17, 15) is 5.26 Å². The molecule has 8 nitrogen and oxygen atoms in total. The van der Waals surface area contributed by atoms with Crippen molar-refractivity contribution in [3.8, 4) is 28.6 Å². The number of fused-ring (bicyclic) bond motifs is 1. The molecule has 0 saturated heterocycles. The minimum absolute atomic E-state index is 0.221. The van der Waals surface area contributed by atoms with Gasteiger partial charge in [-0.2, -0.15) is 15.5 Å². The molecule has 0 fully saturated rings. The largest absolute Gasteiger partial charge is 0.383 e. The first-order valence-electron chi connectivity index (χ1n) is 9.63. The summed E-state index contributed by atoms with van der Waals surface area (Å²) in [5.41, 5.74) is 11.6. The summed E-state index contributed by atoms with van der Waals surface area (Å²) in [5, 5.41) is 22.4. The molecule has 0 amide bonds. The van der Waals surface area contributed by atoms with Crippen LogP contribution in [0.5, 0.6) is 0 Å². The molecule has 0 atom stereocenters. The van der Waals surface area contributed by atoms with Crippen molar-refractivity contribution in [1.82, 2.24) is 29.9 Å². The van der Waals surface area contributed by atoms with Gasteiger partial charge < -0.3 is 11.1 Å². The summed E-state index contributed by atoms with van der Waals surface area (Å²) in [6, 6.07) is 6.14. The number of rotatable bonds is 4. The molecule has 3 aromatic heterocycles. The van der Waals surface area contributed by atoms with E-state index in [4.69, 9.17) is 10.8 Å². The number of nitrogen functional groups attached to an aromatic ring is 1. The Labute approximate surface area is 164 Å². The molecule has 0 saturated carbocycles. The van der Waals surface area contributed by atoms with Crippen LogP contribution in [-0.4, -0.2) is 31.1 Å². The maximum absolute atomic E-state index is 9.67. The molecule has 3 N–H and O–H groups in total. The van der Waals surface area contributed by atoms with Gasteiger partial charge in [-0.15, -0.1) is 0 Å². The number of pyridine rings is 1. The van der Waals surface area contributed by atoms with Crippen LogP contribution in [0, 0.1) is 18.3 Å². The Morgan fingerprint density at radius 1 is 1.25 bits per heavy atom. The molecule has 0 aliphatic carbocycles. The summed E-state index contributed by atoms with van der Waals surface area (Å²) >= 11 is 0. The zero-order valence-electron chi connectivity index (χ0n) is 16.2. The van der Waals surface area contributed by atoms with Crippen molar-refractivity contribution in [2.45, 2.75) is 46.3 Å². The lowest BCUT2D eigenvalue weighted by Crippen LogP contribution is -2.11. The van der Waals surface area contributed by atoms with E-state index in [1.54, 1.807) is 0 Å². The fourth-order valence-corrected chi connectivity index (χ4v) is 3.63. The number of nitrogens with zero attached hydrogens (tertiary/aromatic N) is 6. The topological polar surface area (TPSA) is 110 Å². The van der Waals surface area contributed by atoms with Crippen LogP contribution in [0.3, 0.4) is 0 Å². The molecule has 3 aromatic rings. The van der Waals surface area contributed by atoms with Crippen molar-refractivity contribution in [3.05, 3.63) is 35.3 Å². The summed E-state index contributed by atoms with van der Waals surface area (Å²) in [6.45, 7) is 7.54. The van der Waals surface area contributed by atoms with Crippen LogP contribution in [0.2, 0.25) is 0 Å². The van der Waals surface area contributed by atoms with Crippen LogP contribution < -0.4 is 11.1 Å². The summed E-state index contributed by atoms with van der Waals surface area (Å²) in [7, 11) is 0. The van der Waals surface area contributed by atoms with E-state index in [1.807, 2.05) is 34.6 Å². The summed E-state index contributed by atoms with van der Waals surface area (Å²) < 4.78 is 3.93. The minimum atomic E-state index is 0.221. The Hall–Kier alpha value is -3.18. The number of aryl methyl sites for hydroxylation is 3. The van der Waals surface area contributed by atoms with Crippen LogP contribution in [-0.2, 0) is 19.6 Å². The number of hydrogen-bond acceptors (Lipinski definition) is 6. The second-order valence-electron chi connectivity index (χ2n) is 7.09. The first-order chi connectivity index (χ1) is 13.6. The van der Waals surface area contributed by atoms with Gasteiger partial charge >= 0.3 is 0 Å². The van der Waals surface area contributed by atoms with E-state index in [0.717, 1.165) is 61.7 Å². The van der Waals surface area contributed by atoms with Crippen molar-refractivity contribution >= 4 is 5.82 Å². The van der Waals surface area contributed by atoms with Gasteiger partial charge in [0.2, 0.25) is 0 Å². The molecule has 0 bridgehead atoms. The fourth-order valence-electron chi connectivity index (χ4n) is 3.63. The number of hydrogen-bond donors (Lipinski definition) is 2. The minimum Gasteiger partial charge on any atom is -0.383 e. The Kier molecular flexibility index (Phi) is 4.84. The van der Waals surface area contributed by atoms with Gasteiger partial charge in [-0.05, 0) is 38.4 Å². The van der Waals surface area contributed by atoms with Gasteiger partial charge in [0.25, 0.3) is 0 Å². The van der Waals surface area contributed by atoms with Gasteiger partial charge in [0, 0.05) is 37.0 Å². The van der Waals surface area contributed by atoms with E-state index in [-0.39, 0.29) is 5.82 Å². The molecule has 28 heavy (non-hydrogen) atoms. The van der Waals surface area contributed by atoms with Gasteiger partial charge in [0.15, 0.2) is 0 Å². The van der Waals surface area contributed by atoms with Gasteiger partial charge in [0.1, 0.15) is 17.5 Å². The zero-order chi connectivity index (χ0) is 19.7. The Morgan fingerprint density at radius 2 is 2.11 bits per heavy atom. The highest BCUT2D eigenvalue weighted by Crippen LogP contribution is 2.32. The van der Waals surface area contributed by atoms with Crippen molar-refractivity contribution in [2.75, 3.05) is 12.3 Å². The highest BCUT2D eigenvalue weighted by atomic mass is 15.3. The third kappa shape index (κ3) is 3.25. The first kappa shape index (κ1) is 18.2. The highest BCUT2D eigenvalue weighted by molar-refractivity contribution is 5.79. The molecule has 0 aromatic carbocycles. The van der Waals surface area contributed by atoms with Crippen LogP contribution in [0.15, 0.2) is 18.3 Å². The third-order valence-electron chi connectivity index (χ3n) is 5.00. The van der Waals surface area contributed by atoms with Crippen LogP contribution in [0.4, 0.5) is 5.82 Å². The Balaban J connectivity index is 1.83. The zero-order valence-corrected chi connectivity index (χ0v) is 16.2. The molecule has 4 heterocycles. The summed E-state index contributed by atoms with van der Waals surface area (Å²) in [6.07, 6.45) is 4.02. The molecule has 1 aliphatic rings. The number of aromatic nitrogens is 5. The molecule has 144 valence electrons. The van der Waals surface area contributed by atoms with Gasteiger partial charge in [-0.1, -0.05) is 6.92 Å². The Morgan fingerprint density at radius 3 is 2.89 bits per heavy atom. The quantitative estimate of drug-likeness (QED) is 0.724.